The molecule has 0 bridgehead atoms. The van der Waals surface area contributed by atoms with Crippen molar-refractivity contribution in [3.8, 4) is 0 Å². The van der Waals surface area contributed by atoms with E-state index in [1.165, 1.54) is 11.0 Å². The van der Waals surface area contributed by atoms with Gasteiger partial charge < -0.3 is 10.2 Å². The zero-order chi connectivity index (χ0) is 29.6. The summed E-state index contributed by atoms with van der Waals surface area (Å²) in [4.78, 5) is 29.4. The predicted octanol–water partition coefficient (Wildman–Crippen LogP) is 5.71. The van der Waals surface area contributed by atoms with Crippen LogP contribution in [0.5, 0.6) is 0 Å². The summed E-state index contributed by atoms with van der Waals surface area (Å²) in [7, 11) is -3.98. The van der Waals surface area contributed by atoms with Gasteiger partial charge in [0.25, 0.3) is 0 Å². The third kappa shape index (κ3) is 8.53. The molecule has 0 aliphatic heterocycles. The second-order valence-electron chi connectivity index (χ2n) is 10.2. The fourth-order valence-corrected chi connectivity index (χ4v) is 6.47. The van der Waals surface area contributed by atoms with Gasteiger partial charge in [-0.05, 0) is 54.3 Å². The number of hydrogen-bond donors (Lipinski definition) is 1. The molecule has 0 spiro atoms. The molecule has 1 N–H and O–H groups in total. The summed E-state index contributed by atoms with van der Waals surface area (Å²) >= 11 is 9.41. The highest BCUT2D eigenvalue weighted by Crippen LogP contribution is 2.26. The maximum Gasteiger partial charge on any atom is 0.244 e. The van der Waals surface area contributed by atoms with Crippen LogP contribution < -0.4 is 9.62 Å². The van der Waals surface area contributed by atoms with Crippen LogP contribution in [0.3, 0.4) is 0 Å². The number of rotatable bonds is 11. The third-order valence-corrected chi connectivity index (χ3v) is 9.01. The van der Waals surface area contributed by atoms with Crippen LogP contribution in [0.4, 0.5) is 10.1 Å². The zero-order valence-corrected chi connectivity index (χ0v) is 25.8. The van der Waals surface area contributed by atoms with Crippen LogP contribution >= 0.6 is 27.5 Å². The first-order valence-electron chi connectivity index (χ1n) is 13.3. The molecule has 0 radical (unpaired) electrons. The van der Waals surface area contributed by atoms with E-state index in [0.717, 1.165) is 64.0 Å². The van der Waals surface area contributed by atoms with Gasteiger partial charge in [0.05, 0.1) is 17.0 Å². The monoisotopic (exact) mass is 663 g/mol. The molecule has 218 valence electrons. The first-order valence-corrected chi connectivity index (χ1v) is 16.3. The Bertz CT molecular complexity index is 1490. The number of anilines is 1. The lowest BCUT2D eigenvalue weighted by molar-refractivity contribution is -0.140. The van der Waals surface area contributed by atoms with Crippen LogP contribution in [0, 0.1) is 5.82 Å². The van der Waals surface area contributed by atoms with Crippen LogP contribution in [0.25, 0.3) is 0 Å². The highest BCUT2D eigenvalue weighted by atomic mass is 79.9. The molecule has 0 saturated heterocycles. The van der Waals surface area contributed by atoms with Gasteiger partial charge in [0.2, 0.25) is 21.8 Å². The smallest absolute Gasteiger partial charge is 0.244 e. The van der Waals surface area contributed by atoms with Gasteiger partial charge in [0, 0.05) is 23.5 Å². The highest BCUT2D eigenvalue weighted by molar-refractivity contribution is 9.10. The lowest BCUT2D eigenvalue weighted by atomic mass is 10.0. The molecule has 11 heteroatoms. The lowest BCUT2D eigenvalue weighted by Gasteiger charge is -2.34. The van der Waals surface area contributed by atoms with Crippen molar-refractivity contribution in [2.24, 2.45) is 0 Å². The van der Waals surface area contributed by atoms with Crippen molar-refractivity contribution < 1.29 is 22.4 Å². The Hall–Kier alpha value is -2.95. The fraction of sp³-hybridized carbons (Fsp3) is 0.333. The van der Waals surface area contributed by atoms with E-state index in [1.807, 2.05) is 54.6 Å². The number of nitrogens with zero attached hydrogens (tertiary/aromatic N) is 2. The maximum absolute atomic E-state index is 14.1. The second-order valence-corrected chi connectivity index (χ2v) is 13.4. The molecule has 1 saturated carbocycles. The minimum atomic E-state index is -3.98. The summed E-state index contributed by atoms with van der Waals surface area (Å²) in [5, 5.41) is 2.86. The molecule has 1 atom stereocenters. The van der Waals surface area contributed by atoms with E-state index < -0.39 is 34.3 Å². The van der Waals surface area contributed by atoms with Gasteiger partial charge in [-0.1, -0.05) is 82.8 Å². The Kier molecular flexibility index (Phi) is 10.4. The molecule has 3 aromatic rings. The number of nitrogens with one attached hydrogen (secondary N) is 1. The molecule has 3 aromatic carbocycles. The van der Waals surface area contributed by atoms with Gasteiger partial charge in [0.1, 0.15) is 18.4 Å². The molecule has 1 fully saturated rings. The molecule has 1 aliphatic carbocycles. The Morgan fingerprint density at radius 2 is 1.71 bits per heavy atom. The lowest BCUT2D eigenvalue weighted by Crippen LogP contribution is -2.54. The normalized spacial score (nSPS) is 14.4. The maximum atomic E-state index is 14.1. The van der Waals surface area contributed by atoms with Gasteiger partial charge in [-0.15, -0.1) is 0 Å². The molecular weight excluding hydrogens is 633 g/mol. The van der Waals surface area contributed by atoms with E-state index in [1.54, 1.807) is 0 Å². The number of carbonyl (C=O) groups is 2. The van der Waals surface area contributed by atoms with Crippen molar-refractivity contribution in [1.29, 1.82) is 0 Å². The van der Waals surface area contributed by atoms with E-state index >= 15 is 0 Å². The van der Waals surface area contributed by atoms with Gasteiger partial charge in [0.15, 0.2) is 0 Å². The molecule has 0 aromatic heterocycles. The average molecular weight is 665 g/mol. The van der Waals surface area contributed by atoms with Gasteiger partial charge in [-0.2, -0.15) is 0 Å². The summed E-state index contributed by atoms with van der Waals surface area (Å²) in [6.07, 6.45) is 5.00. The van der Waals surface area contributed by atoms with E-state index in [2.05, 4.69) is 21.2 Å². The number of amides is 2. The summed E-state index contributed by atoms with van der Waals surface area (Å²) in [5.74, 6) is -1.59. The fourth-order valence-electron chi connectivity index (χ4n) is 5.01. The van der Waals surface area contributed by atoms with Crippen molar-refractivity contribution in [2.45, 2.75) is 50.7 Å². The number of hydrogen-bond acceptors (Lipinski definition) is 4. The van der Waals surface area contributed by atoms with Crippen LogP contribution in [-0.4, -0.2) is 50.0 Å². The molecule has 0 heterocycles. The number of benzene rings is 3. The largest absolute Gasteiger partial charge is 0.352 e. The van der Waals surface area contributed by atoms with Crippen LogP contribution in [-0.2, 0) is 32.6 Å². The van der Waals surface area contributed by atoms with Crippen molar-refractivity contribution in [3.05, 3.63) is 99.2 Å². The van der Waals surface area contributed by atoms with Crippen molar-refractivity contribution in [2.75, 3.05) is 17.1 Å². The van der Waals surface area contributed by atoms with E-state index in [9.17, 15) is 22.4 Å². The Balaban J connectivity index is 1.73. The number of sulfonamides is 1. The van der Waals surface area contributed by atoms with Crippen LogP contribution in [0.2, 0.25) is 5.02 Å². The molecule has 7 nitrogen and oxygen atoms in total. The number of halogens is 3. The number of carbonyl (C=O) groups excluding carboxylic acids is 2. The Labute approximate surface area is 253 Å². The SMILES string of the molecule is CS(=O)(=O)N(CC(=O)N(Cc1cccc(Br)c1)C(Cc1ccccc1)C(=O)NC1CCCC1)c1ccc(F)c(Cl)c1. The van der Waals surface area contributed by atoms with E-state index in [4.69, 9.17) is 11.6 Å². The highest BCUT2D eigenvalue weighted by Gasteiger charge is 2.34. The summed E-state index contributed by atoms with van der Waals surface area (Å²) < 4.78 is 41.2. The standard InChI is InChI=1S/C30H32BrClFN3O4S/c1-41(39,40)36(25-14-15-27(33)26(32)18-25)20-29(37)35(19-22-10-7-11-23(31)16-22)28(17-21-8-3-2-4-9-21)30(38)34-24-12-5-6-13-24/h2-4,7-11,14-16,18,24,28H,5-6,12-13,17,19-20H2,1H3,(H,34,38). The predicted molar refractivity (Wildman–Crippen MR) is 163 cm³/mol. The average Bonchev–Trinajstić information content (AvgIpc) is 3.44. The molecular formula is C30H32BrClFN3O4S. The second kappa shape index (κ2) is 13.8. The third-order valence-electron chi connectivity index (χ3n) is 7.08. The van der Waals surface area contributed by atoms with Gasteiger partial charge in [-0.3, -0.25) is 13.9 Å². The molecule has 2 amide bonds. The molecule has 41 heavy (non-hydrogen) atoms. The van der Waals surface area contributed by atoms with E-state index in [-0.39, 0.29) is 35.6 Å². The quantitative estimate of drug-likeness (QED) is 0.285. The van der Waals surface area contributed by atoms with Crippen LogP contribution in [0.15, 0.2) is 77.3 Å². The summed E-state index contributed by atoms with van der Waals surface area (Å²) in [6, 6.07) is 19.3. The summed E-state index contributed by atoms with van der Waals surface area (Å²) in [6.45, 7) is -0.535. The molecule has 1 aliphatic rings. The molecule has 1 unspecified atom stereocenters. The molecule has 4 rings (SSSR count). The Morgan fingerprint density at radius 3 is 2.34 bits per heavy atom. The van der Waals surface area contributed by atoms with Crippen molar-refractivity contribution in [1.82, 2.24) is 10.2 Å². The minimum Gasteiger partial charge on any atom is -0.352 e. The minimum absolute atomic E-state index is 0.0254. The topological polar surface area (TPSA) is 86.8 Å². The van der Waals surface area contributed by atoms with Crippen molar-refractivity contribution >= 4 is 55.1 Å². The van der Waals surface area contributed by atoms with Gasteiger partial charge in [-0.25, -0.2) is 12.8 Å². The first-order chi connectivity index (χ1) is 19.5. The summed E-state index contributed by atoms with van der Waals surface area (Å²) in [5.41, 5.74) is 1.66. The first kappa shape index (κ1) is 31.0. The van der Waals surface area contributed by atoms with Gasteiger partial charge >= 0.3 is 0 Å². The zero-order valence-electron chi connectivity index (χ0n) is 22.6. The van der Waals surface area contributed by atoms with E-state index in [0.29, 0.717) is 0 Å². The van der Waals surface area contributed by atoms with Crippen LogP contribution in [0.1, 0.15) is 36.8 Å². The van der Waals surface area contributed by atoms with Crippen molar-refractivity contribution in [3.63, 3.8) is 0 Å². The Morgan fingerprint density at radius 1 is 1.02 bits per heavy atom.